The maximum Gasteiger partial charge on any atom is 0.252 e. The summed E-state index contributed by atoms with van der Waals surface area (Å²) in [4.78, 5) is 48.1. The molecule has 0 saturated carbocycles. The van der Waals surface area contributed by atoms with Crippen LogP contribution < -0.4 is 20.4 Å². The molecule has 2 heterocycles. The number of rotatable bonds is 7. The Bertz CT molecular complexity index is 1600. The smallest absolute Gasteiger partial charge is 0.252 e. The van der Waals surface area contributed by atoms with Gasteiger partial charge in [-0.3, -0.25) is 14.4 Å². The zero-order valence-electron chi connectivity index (χ0n) is 23.3. The first-order chi connectivity index (χ1) is 18.8. The molecular weight excluding hydrogens is 589 g/mol. The number of amides is 3. The number of anilines is 2. The van der Waals surface area contributed by atoms with E-state index in [2.05, 4.69) is 15.6 Å². The fourth-order valence-electron chi connectivity index (χ4n) is 4.87. The van der Waals surface area contributed by atoms with E-state index in [1.165, 1.54) is 9.80 Å². The first kappa shape index (κ1) is 32.3. The van der Waals surface area contributed by atoms with Crippen LogP contribution in [0.15, 0.2) is 48.5 Å². The summed E-state index contributed by atoms with van der Waals surface area (Å²) in [6, 6.07) is 11.5. The van der Waals surface area contributed by atoms with Gasteiger partial charge in [-0.15, -0.1) is 12.4 Å². The number of sulfone groups is 1. The molecule has 0 fully saturated rings. The lowest BCUT2D eigenvalue weighted by Crippen LogP contribution is -2.60. The zero-order valence-corrected chi connectivity index (χ0v) is 25.7. The SMILES string of the molecule is CNC(C)C(=O)N[C@@H]1C(=O)N(Cc2c(C)c(Cl)nc3ccccc23)c2ccccc2N(C(=O)CS(C)(=O)=O)[C@H]1C.Cl. The van der Waals surface area contributed by atoms with Gasteiger partial charge in [-0.1, -0.05) is 41.9 Å². The van der Waals surface area contributed by atoms with Crippen LogP contribution in [-0.4, -0.2) is 68.3 Å². The second-order valence-electron chi connectivity index (χ2n) is 10.0. The van der Waals surface area contributed by atoms with Gasteiger partial charge >= 0.3 is 0 Å². The van der Waals surface area contributed by atoms with Crippen LogP contribution in [-0.2, 0) is 30.8 Å². The molecular formula is C28H33Cl2N5O5S. The summed E-state index contributed by atoms with van der Waals surface area (Å²) in [6.45, 7) is 5.16. The second kappa shape index (κ2) is 12.7. The molecule has 2 N–H and O–H groups in total. The number of pyridine rings is 1. The van der Waals surface area contributed by atoms with Crippen molar-refractivity contribution in [1.82, 2.24) is 15.6 Å². The maximum absolute atomic E-state index is 14.3. The first-order valence-corrected chi connectivity index (χ1v) is 15.2. The van der Waals surface area contributed by atoms with Crippen molar-refractivity contribution in [1.29, 1.82) is 0 Å². The molecule has 13 heteroatoms. The quantitative estimate of drug-likeness (QED) is 0.388. The topological polar surface area (TPSA) is 129 Å². The van der Waals surface area contributed by atoms with E-state index in [-0.39, 0.29) is 19.0 Å². The molecule has 1 aliphatic rings. The molecule has 3 amide bonds. The highest BCUT2D eigenvalue weighted by Gasteiger charge is 2.43. The Labute approximate surface area is 250 Å². The molecule has 0 spiro atoms. The molecule has 2 aromatic carbocycles. The number of fused-ring (bicyclic) bond motifs is 2. The number of carbonyl (C=O) groups excluding carboxylic acids is 3. The number of nitrogens with zero attached hydrogens (tertiary/aromatic N) is 3. The summed E-state index contributed by atoms with van der Waals surface area (Å²) in [5.41, 5.74) is 2.87. The summed E-state index contributed by atoms with van der Waals surface area (Å²) in [7, 11) is -2.07. The summed E-state index contributed by atoms with van der Waals surface area (Å²) in [5.74, 6) is -2.35. The summed E-state index contributed by atoms with van der Waals surface area (Å²) in [5, 5.41) is 6.75. The number of likely N-dealkylation sites (N-methyl/N-ethyl adjacent to an activating group) is 1. The van der Waals surface area contributed by atoms with Crippen molar-refractivity contribution < 1.29 is 22.8 Å². The molecule has 0 saturated heterocycles. The summed E-state index contributed by atoms with van der Waals surface area (Å²) in [6.07, 6.45) is 0.978. The lowest BCUT2D eigenvalue weighted by Gasteiger charge is -2.32. The molecule has 0 aliphatic carbocycles. The van der Waals surface area contributed by atoms with Gasteiger partial charge in [0.2, 0.25) is 11.8 Å². The summed E-state index contributed by atoms with van der Waals surface area (Å²) >= 11 is 6.49. The third-order valence-electron chi connectivity index (χ3n) is 7.16. The highest BCUT2D eigenvalue weighted by Crippen LogP contribution is 2.38. The van der Waals surface area contributed by atoms with Crippen molar-refractivity contribution in [2.45, 2.75) is 45.4 Å². The number of benzene rings is 2. The minimum absolute atomic E-state index is 0. The maximum atomic E-state index is 14.3. The van der Waals surface area contributed by atoms with E-state index in [1.807, 2.05) is 31.2 Å². The fraction of sp³-hybridized carbons (Fsp3) is 0.357. The van der Waals surface area contributed by atoms with Crippen molar-refractivity contribution in [3.8, 4) is 0 Å². The van der Waals surface area contributed by atoms with Gasteiger partial charge in [-0.25, -0.2) is 13.4 Å². The molecule has 1 aliphatic heterocycles. The van der Waals surface area contributed by atoms with Crippen LogP contribution in [0.4, 0.5) is 11.4 Å². The van der Waals surface area contributed by atoms with Crippen LogP contribution in [0, 0.1) is 6.92 Å². The Morgan fingerprint density at radius 2 is 1.71 bits per heavy atom. The van der Waals surface area contributed by atoms with E-state index >= 15 is 0 Å². The minimum atomic E-state index is -3.69. The molecule has 1 aromatic heterocycles. The van der Waals surface area contributed by atoms with Crippen molar-refractivity contribution in [3.63, 3.8) is 0 Å². The van der Waals surface area contributed by atoms with E-state index < -0.39 is 51.4 Å². The molecule has 0 bridgehead atoms. The van der Waals surface area contributed by atoms with E-state index in [9.17, 15) is 22.8 Å². The van der Waals surface area contributed by atoms with Crippen LogP contribution in [0.5, 0.6) is 0 Å². The first-order valence-electron chi connectivity index (χ1n) is 12.8. The van der Waals surface area contributed by atoms with Crippen molar-refractivity contribution in [2.24, 2.45) is 0 Å². The zero-order chi connectivity index (χ0) is 29.4. The molecule has 4 rings (SSSR count). The van der Waals surface area contributed by atoms with E-state index in [0.717, 1.165) is 17.2 Å². The van der Waals surface area contributed by atoms with Gasteiger partial charge < -0.3 is 20.4 Å². The fourth-order valence-corrected chi connectivity index (χ4v) is 5.66. The molecule has 41 heavy (non-hydrogen) atoms. The third-order valence-corrected chi connectivity index (χ3v) is 8.30. The van der Waals surface area contributed by atoms with Gasteiger partial charge in [0.1, 0.15) is 16.9 Å². The number of nitrogens with one attached hydrogen (secondary N) is 2. The number of halogens is 2. The Balaban J connectivity index is 0.00000462. The van der Waals surface area contributed by atoms with Gasteiger partial charge in [-0.2, -0.15) is 0 Å². The van der Waals surface area contributed by atoms with Gasteiger partial charge in [0, 0.05) is 11.6 Å². The van der Waals surface area contributed by atoms with Gasteiger partial charge in [-0.05, 0) is 57.1 Å². The van der Waals surface area contributed by atoms with E-state index in [1.54, 1.807) is 45.2 Å². The Morgan fingerprint density at radius 3 is 2.34 bits per heavy atom. The monoisotopic (exact) mass is 621 g/mol. The van der Waals surface area contributed by atoms with E-state index in [0.29, 0.717) is 27.6 Å². The number of aromatic nitrogens is 1. The number of para-hydroxylation sites is 3. The lowest BCUT2D eigenvalue weighted by molar-refractivity contribution is -0.129. The van der Waals surface area contributed by atoms with Crippen LogP contribution in [0.1, 0.15) is 25.0 Å². The van der Waals surface area contributed by atoms with Crippen molar-refractivity contribution >= 4 is 73.8 Å². The Kier molecular flexibility index (Phi) is 10.0. The number of hydrogen-bond acceptors (Lipinski definition) is 7. The van der Waals surface area contributed by atoms with Crippen LogP contribution in [0.3, 0.4) is 0 Å². The van der Waals surface area contributed by atoms with Gasteiger partial charge in [0.05, 0.1) is 35.5 Å². The standard InChI is InChI=1S/C28H32ClN5O5S.ClH/c1-16-20(19-10-6-7-11-21(19)31-26(16)29)14-33-22-12-8-9-13-23(22)34(24(35)15-40(5,38)39)18(3)25(28(33)37)32-27(36)17(2)30-4;/h6-13,17-18,25,30H,14-15H2,1-5H3,(H,32,36);1H/t17?,18-,25-;/m0./s1. The van der Waals surface area contributed by atoms with Crippen molar-refractivity contribution in [3.05, 3.63) is 64.8 Å². The predicted octanol–water partition coefficient (Wildman–Crippen LogP) is 3.02. The average molecular weight is 623 g/mol. The molecule has 10 nitrogen and oxygen atoms in total. The molecule has 3 aromatic rings. The Hall–Kier alpha value is -3.25. The molecule has 1 unspecified atom stereocenters. The molecule has 0 radical (unpaired) electrons. The number of hydrogen-bond donors (Lipinski definition) is 2. The van der Waals surface area contributed by atoms with Crippen molar-refractivity contribution in [2.75, 3.05) is 28.9 Å². The minimum Gasteiger partial charge on any atom is -0.341 e. The largest absolute Gasteiger partial charge is 0.341 e. The average Bonchev–Trinajstić information content (AvgIpc) is 2.98. The van der Waals surface area contributed by atoms with E-state index in [4.69, 9.17) is 11.6 Å². The lowest BCUT2D eigenvalue weighted by atomic mass is 10.0. The predicted molar refractivity (Wildman–Crippen MR) is 163 cm³/mol. The Morgan fingerprint density at radius 1 is 1.10 bits per heavy atom. The van der Waals surface area contributed by atoms with Gasteiger partial charge in [0.15, 0.2) is 9.84 Å². The second-order valence-corrected chi connectivity index (χ2v) is 12.5. The normalized spacial score (nSPS) is 17.9. The summed E-state index contributed by atoms with van der Waals surface area (Å²) < 4.78 is 24.2. The molecule has 220 valence electrons. The van der Waals surface area contributed by atoms with Crippen LogP contribution in [0.2, 0.25) is 5.15 Å². The van der Waals surface area contributed by atoms with Gasteiger partial charge in [0.25, 0.3) is 5.91 Å². The molecule has 3 atom stereocenters. The highest BCUT2D eigenvalue weighted by atomic mass is 35.5. The highest BCUT2D eigenvalue weighted by molar-refractivity contribution is 7.91. The number of carbonyl (C=O) groups is 3. The van der Waals surface area contributed by atoms with Crippen LogP contribution >= 0.6 is 24.0 Å². The van der Waals surface area contributed by atoms with Crippen LogP contribution in [0.25, 0.3) is 10.9 Å². The third kappa shape index (κ3) is 6.64.